The van der Waals surface area contributed by atoms with Crippen LogP contribution in [0.2, 0.25) is 0 Å². The fourth-order valence-corrected chi connectivity index (χ4v) is 3.31. The van der Waals surface area contributed by atoms with Crippen LogP contribution in [0, 0.1) is 0 Å². The number of ether oxygens (including phenoxy) is 2. The molecule has 0 N–H and O–H groups in total. The molecule has 0 aliphatic carbocycles. The SMILES string of the molecule is COCCCn1c(=O)c(C(=O)N2CCN(C(=O)COC)CC2)nc2cccnc21. The summed E-state index contributed by atoms with van der Waals surface area (Å²) in [5, 5.41) is 0. The number of aryl methyl sites for hydroxylation is 1. The third-order valence-corrected chi connectivity index (χ3v) is 4.82. The minimum atomic E-state index is -0.463. The van der Waals surface area contributed by atoms with Crippen LogP contribution in [0.25, 0.3) is 11.2 Å². The van der Waals surface area contributed by atoms with E-state index in [2.05, 4.69) is 9.97 Å². The lowest BCUT2D eigenvalue weighted by atomic mass is 10.2. The van der Waals surface area contributed by atoms with Gasteiger partial charge in [-0.3, -0.25) is 19.0 Å². The number of piperazine rings is 1. The standard InChI is InChI=1S/C19H25N5O5/c1-28-12-4-7-24-17-14(5-3-6-20-17)21-16(19(24)27)18(26)23-10-8-22(9-11-23)15(25)13-29-2/h3,5-6H,4,7-13H2,1-2H3. The molecular formula is C19H25N5O5. The molecule has 0 aromatic carbocycles. The fraction of sp³-hybridized carbons (Fsp3) is 0.526. The summed E-state index contributed by atoms with van der Waals surface area (Å²) in [6.07, 6.45) is 2.20. The van der Waals surface area contributed by atoms with Gasteiger partial charge in [0.05, 0.1) is 0 Å². The van der Waals surface area contributed by atoms with Crippen molar-refractivity contribution < 1.29 is 19.1 Å². The molecule has 0 saturated carbocycles. The summed E-state index contributed by atoms with van der Waals surface area (Å²) < 4.78 is 11.4. The van der Waals surface area contributed by atoms with Crippen LogP contribution in [0.4, 0.5) is 0 Å². The van der Waals surface area contributed by atoms with Gasteiger partial charge in [0.15, 0.2) is 11.3 Å². The molecule has 10 heteroatoms. The first-order chi connectivity index (χ1) is 14.1. The van der Waals surface area contributed by atoms with Crippen molar-refractivity contribution in [2.24, 2.45) is 0 Å². The third kappa shape index (κ3) is 4.60. The third-order valence-electron chi connectivity index (χ3n) is 4.82. The number of methoxy groups -OCH3 is 2. The van der Waals surface area contributed by atoms with Gasteiger partial charge in [-0.1, -0.05) is 0 Å². The van der Waals surface area contributed by atoms with E-state index in [-0.39, 0.29) is 18.2 Å². The van der Waals surface area contributed by atoms with Crippen molar-refractivity contribution >= 4 is 23.0 Å². The largest absolute Gasteiger partial charge is 0.385 e. The number of carbonyl (C=O) groups is 2. The Kier molecular flexibility index (Phi) is 6.89. The first kappa shape index (κ1) is 20.9. The molecule has 0 spiro atoms. The lowest BCUT2D eigenvalue weighted by molar-refractivity contribution is -0.136. The number of fused-ring (bicyclic) bond motifs is 1. The quantitative estimate of drug-likeness (QED) is 0.587. The Morgan fingerprint density at radius 2 is 1.83 bits per heavy atom. The van der Waals surface area contributed by atoms with Gasteiger partial charge in [-0.05, 0) is 18.6 Å². The molecule has 2 amide bonds. The molecule has 10 nitrogen and oxygen atoms in total. The number of nitrogens with zero attached hydrogens (tertiary/aromatic N) is 5. The van der Waals surface area contributed by atoms with E-state index < -0.39 is 11.5 Å². The van der Waals surface area contributed by atoms with Crippen molar-refractivity contribution in [2.75, 3.05) is 53.6 Å². The summed E-state index contributed by atoms with van der Waals surface area (Å²) in [5.41, 5.74) is 0.344. The highest BCUT2D eigenvalue weighted by Crippen LogP contribution is 2.11. The van der Waals surface area contributed by atoms with E-state index in [4.69, 9.17) is 9.47 Å². The van der Waals surface area contributed by atoms with E-state index in [0.29, 0.717) is 56.9 Å². The predicted molar refractivity (Wildman–Crippen MR) is 105 cm³/mol. The first-order valence-corrected chi connectivity index (χ1v) is 9.47. The molecule has 0 radical (unpaired) electrons. The number of pyridine rings is 1. The maximum absolute atomic E-state index is 13.0. The average molecular weight is 403 g/mol. The maximum atomic E-state index is 13.0. The minimum absolute atomic E-state index is 0.0133. The Bertz CT molecular complexity index is 936. The van der Waals surface area contributed by atoms with Gasteiger partial charge in [0, 0.05) is 59.7 Å². The molecule has 3 rings (SSSR count). The molecule has 3 heterocycles. The van der Waals surface area contributed by atoms with E-state index in [0.717, 1.165) is 0 Å². The van der Waals surface area contributed by atoms with Crippen molar-refractivity contribution in [3.63, 3.8) is 0 Å². The first-order valence-electron chi connectivity index (χ1n) is 9.47. The number of carbonyl (C=O) groups excluding carboxylic acids is 2. The Labute approximate surface area is 168 Å². The highest BCUT2D eigenvalue weighted by Gasteiger charge is 2.28. The second-order valence-corrected chi connectivity index (χ2v) is 6.72. The van der Waals surface area contributed by atoms with Crippen molar-refractivity contribution in [1.29, 1.82) is 0 Å². The minimum Gasteiger partial charge on any atom is -0.385 e. The van der Waals surface area contributed by atoms with E-state index >= 15 is 0 Å². The van der Waals surface area contributed by atoms with Crippen LogP contribution < -0.4 is 5.56 Å². The van der Waals surface area contributed by atoms with Crippen LogP contribution in [0.15, 0.2) is 23.1 Å². The van der Waals surface area contributed by atoms with Crippen LogP contribution >= 0.6 is 0 Å². The number of hydrogen-bond donors (Lipinski definition) is 0. The van der Waals surface area contributed by atoms with Crippen LogP contribution in [0.1, 0.15) is 16.9 Å². The Morgan fingerprint density at radius 1 is 1.10 bits per heavy atom. The smallest absolute Gasteiger partial charge is 0.283 e. The van der Waals surface area contributed by atoms with Gasteiger partial charge in [0.1, 0.15) is 12.1 Å². The second-order valence-electron chi connectivity index (χ2n) is 6.72. The monoisotopic (exact) mass is 403 g/mol. The summed E-state index contributed by atoms with van der Waals surface area (Å²) in [4.78, 5) is 49.7. The summed E-state index contributed by atoms with van der Waals surface area (Å²) in [6.45, 7) is 2.34. The predicted octanol–water partition coefficient (Wildman–Crippen LogP) is -0.241. The van der Waals surface area contributed by atoms with Crippen molar-refractivity contribution in [3.8, 4) is 0 Å². The zero-order valence-corrected chi connectivity index (χ0v) is 16.7. The van der Waals surface area contributed by atoms with Gasteiger partial charge in [0.2, 0.25) is 5.91 Å². The molecule has 1 fully saturated rings. The molecule has 156 valence electrons. The van der Waals surface area contributed by atoms with Gasteiger partial charge in [0.25, 0.3) is 11.5 Å². The molecule has 1 aliphatic heterocycles. The molecule has 1 saturated heterocycles. The van der Waals surface area contributed by atoms with E-state index in [9.17, 15) is 14.4 Å². The van der Waals surface area contributed by atoms with Gasteiger partial charge in [-0.15, -0.1) is 0 Å². The topological polar surface area (TPSA) is 107 Å². The average Bonchev–Trinajstić information content (AvgIpc) is 2.75. The maximum Gasteiger partial charge on any atom is 0.283 e. The van der Waals surface area contributed by atoms with Gasteiger partial charge in [-0.25, -0.2) is 9.97 Å². The lowest BCUT2D eigenvalue weighted by Gasteiger charge is -2.34. The summed E-state index contributed by atoms with van der Waals surface area (Å²) in [6, 6.07) is 3.44. The Hall–Kier alpha value is -2.85. The van der Waals surface area contributed by atoms with Gasteiger partial charge in [-0.2, -0.15) is 0 Å². The Balaban J connectivity index is 1.84. The normalized spacial score (nSPS) is 14.4. The number of rotatable bonds is 7. The zero-order chi connectivity index (χ0) is 20.8. The highest BCUT2D eigenvalue weighted by atomic mass is 16.5. The van der Waals surface area contributed by atoms with Crippen molar-refractivity contribution in [2.45, 2.75) is 13.0 Å². The molecule has 2 aromatic heterocycles. The molecular weight excluding hydrogens is 378 g/mol. The molecule has 2 aromatic rings. The number of hydrogen-bond acceptors (Lipinski definition) is 7. The summed E-state index contributed by atoms with van der Waals surface area (Å²) in [5.74, 6) is -0.546. The zero-order valence-electron chi connectivity index (χ0n) is 16.7. The summed E-state index contributed by atoms with van der Waals surface area (Å²) in [7, 11) is 3.06. The van der Waals surface area contributed by atoms with Crippen LogP contribution in [-0.2, 0) is 20.8 Å². The summed E-state index contributed by atoms with van der Waals surface area (Å²) >= 11 is 0. The Morgan fingerprint density at radius 3 is 2.52 bits per heavy atom. The van der Waals surface area contributed by atoms with Crippen LogP contribution in [0.3, 0.4) is 0 Å². The number of aromatic nitrogens is 3. The fourth-order valence-electron chi connectivity index (χ4n) is 3.31. The van der Waals surface area contributed by atoms with Crippen molar-refractivity contribution in [3.05, 3.63) is 34.4 Å². The van der Waals surface area contributed by atoms with E-state index in [1.807, 2.05) is 0 Å². The van der Waals surface area contributed by atoms with Crippen molar-refractivity contribution in [1.82, 2.24) is 24.3 Å². The van der Waals surface area contributed by atoms with Gasteiger partial charge >= 0.3 is 0 Å². The lowest BCUT2D eigenvalue weighted by Crippen LogP contribution is -2.52. The molecule has 0 unspecified atom stereocenters. The van der Waals surface area contributed by atoms with Gasteiger partial charge < -0.3 is 19.3 Å². The molecule has 1 aliphatic rings. The molecule has 29 heavy (non-hydrogen) atoms. The molecule has 0 bridgehead atoms. The van der Waals surface area contributed by atoms with E-state index in [1.165, 1.54) is 11.7 Å². The molecule has 0 atom stereocenters. The highest BCUT2D eigenvalue weighted by molar-refractivity contribution is 5.93. The number of amides is 2. The van der Waals surface area contributed by atoms with Crippen LogP contribution in [0.5, 0.6) is 0 Å². The van der Waals surface area contributed by atoms with E-state index in [1.54, 1.807) is 35.2 Å². The van der Waals surface area contributed by atoms with Crippen LogP contribution in [-0.4, -0.2) is 89.8 Å². The second kappa shape index (κ2) is 9.57.